The number of ether oxygens (including phenoxy) is 1. The molecule has 2 saturated heterocycles. The van der Waals surface area contributed by atoms with Crippen LogP contribution in [0.25, 0.3) is 11.1 Å². The van der Waals surface area contributed by atoms with Gasteiger partial charge in [0.05, 0.1) is 29.6 Å². The summed E-state index contributed by atoms with van der Waals surface area (Å²) in [6, 6.07) is 7.33. The number of morpholine rings is 1. The van der Waals surface area contributed by atoms with Gasteiger partial charge in [-0.15, -0.1) is 0 Å². The molecule has 4 heterocycles. The number of pyridine rings is 2. The number of hydrogen-bond acceptors (Lipinski definition) is 7. The minimum absolute atomic E-state index is 0.0757. The summed E-state index contributed by atoms with van der Waals surface area (Å²) >= 11 is 0. The maximum atomic E-state index is 15.7. The smallest absolute Gasteiger partial charge is 0.264 e. The zero-order valence-electron chi connectivity index (χ0n) is 23.2. The van der Waals surface area contributed by atoms with Crippen LogP contribution < -0.4 is 20.7 Å². The van der Waals surface area contributed by atoms with Crippen LogP contribution in [0.15, 0.2) is 47.5 Å². The number of carbonyl (C=O) groups excluding carboxylic acids is 1. The first-order valence-electron chi connectivity index (χ1n) is 13.5. The fourth-order valence-electron chi connectivity index (χ4n) is 5.23. The number of H-pyrrole nitrogens is 1. The number of nitrogens with zero attached hydrogens (tertiary/aromatic N) is 4. The van der Waals surface area contributed by atoms with Crippen molar-refractivity contribution in [3.63, 3.8) is 0 Å². The number of carbonyl (C=O) groups is 1. The zero-order valence-corrected chi connectivity index (χ0v) is 23.2. The summed E-state index contributed by atoms with van der Waals surface area (Å²) < 4.78 is 48.6. The molecular formula is C29H33F3N6O3. The van der Waals surface area contributed by atoms with Gasteiger partial charge in [0.2, 0.25) is 5.56 Å². The Morgan fingerprint density at radius 1 is 1.12 bits per heavy atom. The third-order valence-corrected chi connectivity index (χ3v) is 7.69. The molecule has 9 nitrogen and oxygen atoms in total. The highest BCUT2D eigenvalue weighted by Gasteiger charge is 2.27. The minimum atomic E-state index is -3.03. The van der Waals surface area contributed by atoms with Gasteiger partial charge in [-0.05, 0) is 45.2 Å². The van der Waals surface area contributed by atoms with Crippen molar-refractivity contribution >= 4 is 23.1 Å². The quantitative estimate of drug-likeness (QED) is 0.460. The fraction of sp³-hybridized carbons (Fsp3) is 0.414. The monoisotopic (exact) mass is 570 g/mol. The van der Waals surface area contributed by atoms with Crippen LogP contribution in [0.1, 0.15) is 36.2 Å². The lowest BCUT2D eigenvalue weighted by Gasteiger charge is -2.39. The lowest BCUT2D eigenvalue weighted by Crippen LogP contribution is -2.50. The van der Waals surface area contributed by atoms with Crippen molar-refractivity contribution in [2.24, 2.45) is 0 Å². The van der Waals surface area contributed by atoms with Gasteiger partial charge >= 0.3 is 0 Å². The van der Waals surface area contributed by atoms with Gasteiger partial charge < -0.3 is 29.7 Å². The molecule has 3 aromatic rings. The summed E-state index contributed by atoms with van der Waals surface area (Å²) in [6.07, 6.45) is -0.407. The Labute approximate surface area is 235 Å². The van der Waals surface area contributed by atoms with E-state index >= 15 is 4.39 Å². The van der Waals surface area contributed by atoms with Crippen molar-refractivity contribution in [3.8, 4) is 11.1 Å². The Morgan fingerprint density at radius 2 is 1.93 bits per heavy atom. The molecule has 2 aromatic heterocycles. The summed E-state index contributed by atoms with van der Waals surface area (Å²) in [7, 11) is 2.00. The number of rotatable bonds is 6. The fourth-order valence-corrected chi connectivity index (χ4v) is 5.23. The Kier molecular flexibility index (Phi) is 8.32. The van der Waals surface area contributed by atoms with Crippen molar-refractivity contribution < 1.29 is 22.7 Å². The van der Waals surface area contributed by atoms with E-state index in [2.05, 4.69) is 25.1 Å². The maximum absolute atomic E-state index is 15.7. The van der Waals surface area contributed by atoms with E-state index in [1.54, 1.807) is 12.3 Å². The first kappa shape index (κ1) is 28.6. The first-order chi connectivity index (χ1) is 19.6. The number of piperazine rings is 1. The van der Waals surface area contributed by atoms with Gasteiger partial charge in [0.15, 0.2) is 0 Å². The highest BCUT2D eigenvalue weighted by atomic mass is 19.3. The minimum Gasteiger partial charge on any atom is -0.375 e. The molecular weight excluding hydrogens is 537 g/mol. The number of nitrogens with one attached hydrogen (secondary N) is 2. The molecule has 41 heavy (non-hydrogen) atoms. The predicted molar refractivity (Wildman–Crippen MR) is 152 cm³/mol. The normalized spacial score (nSPS) is 20.0. The number of benzene rings is 1. The van der Waals surface area contributed by atoms with Gasteiger partial charge in [0.25, 0.3) is 12.3 Å². The van der Waals surface area contributed by atoms with Gasteiger partial charge in [0, 0.05) is 73.9 Å². The van der Waals surface area contributed by atoms with Crippen LogP contribution in [-0.2, 0) is 4.74 Å². The molecule has 0 aliphatic carbocycles. The van der Waals surface area contributed by atoms with Crippen molar-refractivity contribution in [3.05, 3.63) is 70.0 Å². The number of likely N-dealkylation sites (N-methyl/N-ethyl adjacent to an activating group) is 1. The van der Waals surface area contributed by atoms with Gasteiger partial charge in [-0.3, -0.25) is 9.59 Å². The second-order valence-electron chi connectivity index (χ2n) is 10.6. The van der Waals surface area contributed by atoms with Gasteiger partial charge in [-0.1, -0.05) is 0 Å². The summed E-state index contributed by atoms with van der Waals surface area (Å²) in [6.45, 7) is 7.91. The molecule has 0 bridgehead atoms. The topological polar surface area (TPSA) is 93.8 Å². The van der Waals surface area contributed by atoms with Gasteiger partial charge in [-0.25, -0.2) is 18.2 Å². The molecule has 218 valence electrons. The SMILES string of the molecule is C[C@@H]1CN(c2ccc(-c3cc(NC(=O)c4c[nH]c(=O)cc4C(F)F)c(N4CCN(C)[C@@H](C)C4)cc3F)cn2)CCO1. The standard InChI is InChI=1S/C29H33F3N6O3/c1-17-15-37(7-6-36(17)3)25-12-23(30)20(19-4-5-26(33-13-19)38-8-9-41-18(2)16-38)10-24(25)35-29(40)22-14-34-27(39)11-21(22)28(31)32/h4-5,10-14,17-18,28H,6-9,15-16H2,1-3H3,(H,34,39)(H,35,40)/t17-,18+/m0/s1. The molecule has 2 aliphatic rings. The maximum Gasteiger partial charge on any atom is 0.264 e. The second-order valence-corrected chi connectivity index (χ2v) is 10.6. The molecule has 1 aromatic carbocycles. The Morgan fingerprint density at radius 3 is 2.61 bits per heavy atom. The zero-order chi connectivity index (χ0) is 29.3. The summed E-state index contributed by atoms with van der Waals surface area (Å²) in [4.78, 5) is 38.0. The molecule has 0 spiro atoms. The Hall–Kier alpha value is -3.90. The number of aromatic nitrogens is 2. The van der Waals surface area contributed by atoms with Crippen molar-refractivity contribution in [1.29, 1.82) is 0 Å². The molecule has 0 unspecified atom stereocenters. The Bertz CT molecular complexity index is 1470. The summed E-state index contributed by atoms with van der Waals surface area (Å²) in [5.41, 5.74) is -0.380. The molecule has 12 heteroatoms. The molecule has 0 radical (unpaired) electrons. The van der Waals surface area contributed by atoms with E-state index in [-0.39, 0.29) is 29.0 Å². The first-order valence-corrected chi connectivity index (χ1v) is 13.5. The summed E-state index contributed by atoms with van der Waals surface area (Å²) in [5.74, 6) is -0.595. The number of alkyl halides is 2. The van der Waals surface area contributed by atoms with E-state index in [1.165, 1.54) is 12.1 Å². The average molecular weight is 571 g/mol. The lowest BCUT2D eigenvalue weighted by molar-refractivity contribution is 0.0529. The van der Waals surface area contributed by atoms with Crippen molar-refractivity contribution in [2.45, 2.75) is 32.4 Å². The molecule has 2 aliphatic heterocycles. The van der Waals surface area contributed by atoms with Crippen LogP contribution in [0, 0.1) is 5.82 Å². The van der Waals surface area contributed by atoms with E-state index in [0.29, 0.717) is 50.1 Å². The molecule has 2 atom stereocenters. The lowest BCUT2D eigenvalue weighted by atomic mass is 10.0. The third-order valence-electron chi connectivity index (χ3n) is 7.69. The van der Waals surface area contributed by atoms with E-state index in [4.69, 9.17) is 4.74 Å². The number of anilines is 3. The van der Waals surface area contributed by atoms with E-state index < -0.39 is 29.3 Å². The number of halogens is 3. The molecule has 2 fully saturated rings. The largest absolute Gasteiger partial charge is 0.375 e. The van der Waals surface area contributed by atoms with Crippen molar-refractivity contribution in [2.75, 3.05) is 61.5 Å². The number of amides is 1. The molecule has 0 saturated carbocycles. The van der Waals surface area contributed by atoms with Gasteiger partial charge in [0.1, 0.15) is 11.6 Å². The predicted octanol–water partition coefficient (Wildman–Crippen LogP) is 4.13. The van der Waals surface area contributed by atoms with Crippen LogP contribution in [0.3, 0.4) is 0 Å². The van der Waals surface area contributed by atoms with Gasteiger partial charge in [-0.2, -0.15) is 0 Å². The summed E-state index contributed by atoms with van der Waals surface area (Å²) in [5, 5.41) is 2.71. The third kappa shape index (κ3) is 6.23. The van der Waals surface area contributed by atoms with Crippen LogP contribution in [0.5, 0.6) is 0 Å². The average Bonchev–Trinajstić information content (AvgIpc) is 2.95. The molecule has 2 N–H and O–H groups in total. The second kappa shape index (κ2) is 11.9. The van der Waals surface area contributed by atoms with E-state index in [0.717, 1.165) is 18.6 Å². The van der Waals surface area contributed by atoms with E-state index in [1.807, 2.05) is 31.9 Å². The highest BCUT2D eigenvalue weighted by Crippen LogP contribution is 2.36. The molecule has 1 amide bonds. The number of hydrogen-bond donors (Lipinski definition) is 2. The van der Waals surface area contributed by atoms with Crippen LogP contribution in [0.2, 0.25) is 0 Å². The van der Waals surface area contributed by atoms with Crippen LogP contribution >= 0.6 is 0 Å². The Balaban J connectivity index is 1.51. The van der Waals surface area contributed by atoms with Crippen LogP contribution in [-0.4, -0.2) is 79.3 Å². The van der Waals surface area contributed by atoms with E-state index in [9.17, 15) is 18.4 Å². The highest BCUT2D eigenvalue weighted by molar-refractivity contribution is 6.07. The van der Waals surface area contributed by atoms with Crippen LogP contribution in [0.4, 0.5) is 30.4 Å². The number of aromatic amines is 1. The molecule has 5 rings (SSSR count). The van der Waals surface area contributed by atoms with Crippen molar-refractivity contribution in [1.82, 2.24) is 14.9 Å².